The quantitative estimate of drug-likeness (QED) is 0.178. The van der Waals surface area contributed by atoms with E-state index < -0.39 is 0 Å². The van der Waals surface area contributed by atoms with E-state index in [2.05, 4.69) is 105 Å². The minimum Gasteiger partial charge on any atom is -0.485 e. The molecule has 26 heavy (non-hydrogen) atoms. The summed E-state index contributed by atoms with van der Waals surface area (Å²) in [5.74, 6) is 1.01. The van der Waals surface area contributed by atoms with Gasteiger partial charge in [-0.1, -0.05) is 46.4 Å². The van der Waals surface area contributed by atoms with E-state index in [4.69, 9.17) is 9.47 Å². The summed E-state index contributed by atoms with van der Waals surface area (Å²) in [6, 6.07) is 4.52. The summed E-state index contributed by atoms with van der Waals surface area (Å²) < 4.78 is 14.5. The Balaban J connectivity index is 2.38. The van der Waals surface area contributed by atoms with Gasteiger partial charge in [-0.05, 0) is 88.2 Å². The largest absolute Gasteiger partial charge is 0.485 e. The Morgan fingerprint density at radius 2 is 1.81 bits per heavy atom. The first-order valence-electron chi connectivity index (χ1n) is 9.32. The number of rotatable bonds is 9. The molecule has 1 atom stereocenters. The van der Waals surface area contributed by atoms with Crippen LogP contribution in [-0.4, -0.2) is 18.3 Å². The molecule has 1 aromatic carbocycles. The zero-order valence-corrected chi connectivity index (χ0v) is 20.8. The first kappa shape index (κ1) is 22.2. The van der Waals surface area contributed by atoms with Crippen LogP contribution in [0.4, 0.5) is 0 Å². The maximum Gasteiger partial charge on any atom is 0.146 e. The fourth-order valence-corrected chi connectivity index (χ4v) is 5.45. The number of halogens is 2. The first-order valence-corrected chi connectivity index (χ1v) is 11.5. The lowest BCUT2D eigenvalue weighted by Crippen LogP contribution is -2.37. The van der Waals surface area contributed by atoms with Crippen LogP contribution in [-0.2, 0) is 10.2 Å². The van der Waals surface area contributed by atoms with E-state index in [1.165, 1.54) is 18.3 Å². The Labute approximate surface area is 186 Å². The topological polar surface area (TPSA) is 21.8 Å². The number of ether oxygens (including phenoxy) is 2. The predicted octanol–water partition coefficient (Wildman–Crippen LogP) is 7.03. The summed E-state index contributed by atoms with van der Waals surface area (Å²) in [5.41, 5.74) is 2.30. The van der Waals surface area contributed by atoms with Crippen molar-refractivity contribution in [3.05, 3.63) is 49.1 Å². The second-order valence-electron chi connectivity index (χ2n) is 7.49. The molecule has 1 saturated heterocycles. The average Bonchev–Trinajstić information content (AvgIpc) is 3.41. The Hall–Kier alpha value is -0.0800. The van der Waals surface area contributed by atoms with Crippen LogP contribution in [0.25, 0.3) is 0 Å². The molecule has 0 radical (unpaired) electrons. The second kappa shape index (κ2) is 8.95. The zero-order chi connectivity index (χ0) is 19.5. The molecular weight excluding hydrogens is 550 g/mol. The van der Waals surface area contributed by atoms with Gasteiger partial charge in [0.2, 0.25) is 0 Å². The third-order valence-corrected chi connectivity index (χ3v) is 7.18. The van der Waals surface area contributed by atoms with Crippen LogP contribution in [0.1, 0.15) is 59.4 Å². The molecule has 0 saturated carbocycles. The van der Waals surface area contributed by atoms with Gasteiger partial charge in [-0.2, -0.15) is 0 Å². The van der Waals surface area contributed by atoms with E-state index in [0.717, 1.165) is 31.6 Å². The van der Waals surface area contributed by atoms with Gasteiger partial charge in [-0.25, -0.2) is 0 Å². The van der Waals surface area contributed by atoms with Crippen LogP contribution in [0.15, 0.2) is 36.4 Å². The highest BCUT2D eigenvalue weighted by Gasteiger charge is 2.38. The Bertz CT molecular complexity index is 660. The van der Waals surface area contributed by atoms with Crippen LogP contribution >= 0.6 is 45.2 Å². The van der Waals surface area contributed by atoms with Crippen LogP contribution in [0.5, 0.6) is 5.75 Å². The van der Waals surface area contributed by atoms with Gasteiger partial charge in [0.25, 0.3) is 0 Å². The normalized spacial score (nSPS) is 18.0. The summed E-state index contributed by atoms with van der Waals surface area (Å²) in [6.07, 6.45) is 7.42. The van der Waals surface area contributed by atoms with Crippen molar-refractivity contribution in [1.29, 1.82) is 0 Å². The molecule has 0 amide bonds. The summed E-state index contributed by atoms with van der Waals surface area (Å²) in [7, 11) is 0. The minimum atomic E-state index is -0.145. The van der Waals surface area contributed by atoms with Gasteiger partial charge in [0.1, 0.15) is 11.4 Å². The lowest BCUT2D eigenvalue weighted by atomic mass is 9.77. The van der Waals surface area contributed by atoms with E-state index >= 15 is 0 Å². The van der Waals surface area contributed by atoms with Crippen molar-refractivity contribution >= 4 is 45.2 Å². The van der Waals surface area contributed by atoms with Gasteiger partial charge in [0.05, 0.1) is 19.9 Å². The summed E-state index contributed by atoms with van der Waals surface area (Å²) >= 11 is 4.83. The molecule has 1 aliphatic rings. The molecule has 0 N–H and O–H groups in total. The van der Waals surface area contributed by atoms with Gasteiger partial charge in [-0.3, -0.25) is 0 Å². The number of allylic oxidation sites excluding steroid dienone is 3. The molecule has 2 nitrogen and oxygen atoms in total. The van der Waals surface area contributed by atoms with Crippen molar-refractivity contribution in [3.63, 3.8) is 0 Å². The first-order chi connectivity index (χ1) is 12.2. The highest BCUT2D eigenvalue weighted by atomic mass is 127. The highest BCUT2D eigenvalue weighted by molar-refractivity contribution is 14.1. The fourth-order valence-electron chi connectivity index (χ4n) is 3.46. The summed E-state index contributed by atoms with van der Waals surface area (Å²) in [5, 5.41) is 0. The van der Waals surface area contributed by atoms with Gasteiger partial charge < -0.3 is 9.47 Å². The van der Waals surface area contributed by atoms with E-state index in [1.807, 2.05) is 6.08 Å². The van der Waals surface area contributed by atoms with Crippen molar-refractivity contribution < 1.29 is 9.47 Å². The molecule has 1 fully saturated rings. The minimum absolute atomic E-state index is 0.0800. The molecule has 4 heteroatoms. The second-order valence-corrected chi connectivity index (χ2v) is 9.82. The maximum absolute atomic E-state index is 6.66. The molecule has 1 heterocycles. The Morgan fingerprint density at radius 1 is 1.27 bits per heavy atom. The monoisotopic (exact) mass is 580 g/mol. The van der Waals surface area contributed by atoms with E-state index in [-0.39, 0.29) is 11.0 Å². The van der Waals surface area contributed by atoms with Gasteiger partial charge >= 0.3 is 0 Å². The molecule has 0 spiro atoms. The average molecular weight is 580 g/mol. The lowest BCUT2D eigenvalue weighted by Gasteiger charge is -2.34. The number of epoxide rings is 1. The van der Waals surface area contributed by atoms with Crippen LogP contribution in [0.3, 0.4) is 0 Å². The van der Waals surface area contributed by atoms with Crippen molar-refractivity contribution in [3.8, 4) is 5.75 Å². The van der Waals surface area contributed by atoms with Gasteiger partial charge in [0.15, 0.2) is 0 Å². The zero-order valence-electron chi connectivity index (χ0n) is 16.5. The molecule has 1 aliphatic heterocycles. The van der Waals surface area contributed by atoms with Crippen molar-refractivity contribution in [2.75, 3.05) is 6.61 Å². The van der Waals surface area contributed by atoms with E-state index in [0.29, 0.717) is 6.10 Å². The maximum atomic E-state index is 6.66. The number of benzene rings is 1. The predicted molar refractivity (Wildman–Crippen MR) is 127 cm³/mol. The number of hydrogen-bond donors (Lipinski definition) is 0. The standard InChI is InChI=1S/C22H30I2O2/c1-7-15(8-2)21(5,6)16-11-18(23)20(19(24)12-16)26-22(9-3,10-4)13-17-14-25-17/h7-8,11-12,17H,1,9-10,13-14H2,2-6H3/b15-8+. The lowest BCUT2D eigenvalue weighted by molar-refractivity contribution is 0.0415. The third kappa shape index (κ3) is 4.85. The molecule has 1 unspecified atom stereocenters. The number of hydrogen-bond acceptors (Lipinski definition) is 2. The van der Waals surface area contributed by atoms with Crippen LogP contribution < -0.4 is 4.74 Å². The van der Waals surface area contributed by atoms with Crippen molar-refractivity contribution in [2.45, 2.75) is 71.0 Å². The SMILES string of the molecule is C=C/C(=C\C)C(C)(C)c1cc(I)c(OC(CC)(CC)CC2CO2)c(I)c1. The Morgan fingerprint density at radius 3 is 2.19 bits per heavy atom. The van der Waals surface area contributed by atoms with E-state index in [1.54, 1.807) is 0 Å². The van der Waals surface area contributed by atoms with Gasteiger partial charge in [0, 0.05) is 11.8 Å². The fraction of sp³-hybridized carbons (Fsp3) is 0.545. The highest BCUT2D eigenvalue weighted by Crippen LogP contribution is 2.41. The molecule has 0 aliphatic carbocycles. The molecule has 1 aromatic rings. The van der Waals surface area contributed by atoms with E-state index in [9.17, 15) is 0 Å². The Kier molecular flexibility index (Phi) is 7.64. The van der Waals surface area contributed by atoms with Gasteiger partial charge in [-0.15, -0.1) is 0 Å². The molecule has 2 rings (SSSR count). The summed E-state index contributed by atoms with van der Waals surface area (Å²) in [6.45, 7) is 15.9. The molecule has 144 valence electrons. The molecule has 0 bridgehead atoms. The van der Waals surface area contributed by atoms with Crippen molar-refractivity contribution in [2.24, 2.45) is 0 Å². The third-order valence-electron chi connectivity index (χ3n) is 5.58. The van der Waals surface area contributed by atoms with Crippen LogP contribution in [0, 0.1) is 7.14 Å². The smallest absolute Gasteiger partial charge is 0.146 e. The van der Waals surface area contributed by atoms with Crippen molar-refractivity contribution in [1.82, 2.24) is 0 Å². The molecular formula is C22H30I2O2. The molecule has 0 aromatic heterocycles. The van der Waals surface area contributed by atoms with Crippen LogP contribution in [0.2, 0.25) is 0 Å². The summed E-state index contributed by atoms with van der Waals surface area (Å²) in [4.78, 5) is 0.